The van der Waals surface area contributed by atoms with E-state index in [4.69, 9.17) is 9.47 Å². The third kappa shape index (κ3) is 2.69. The molecule has 2 heteroatoms. The van der Waals surface area contributed by atoms with Gasteiger partial charge < -0.3 is 9.47 Å². The molecule has 0 amide bonds. The van der Waals surface area contributed by atoms with Gasteiger partial charge in [-0.3, -0.25) is 0 Å². The van der Waals surface area contributed by atoms with Crippen LogP contribution < -0.4 is 4.74 Å². The first-order valence-corrected chi connectivity index (χ1v) is 7.08. The summed E-state index contributed by atoms with van der Waals surface area (Å²) in [5, 5.41) is 0. The van der Waals surface area contributed by atoms with Crippen LogP contribution in [0.15, 0.2) is 24.3 Å². The second-order valence-corrected chi connectivity index (χ2v) is 5.84. The molecule has 3 atom stereocenters. The van der Waals surface area contributed by atoms with Crippen LogP contribution in [0.4, 0.5) is 0 Å². The standard InChI is InChI=1S/C16H22O2/c1-17-11-14-3-2-4-15(10-14)18-16-8-12-5-6-13(7-12)9-16/h2-4,10,12-13,16H,5-9,11H2,1H3/t12-,13+,16-. The fraction of sp³-hybridized carbons (Fsp3) is 0.625. The average Bonchev–Trinajstić information content (AvgIpc) is 2.70. The lowest BCUT2D eigenvalue weighted by atomic mass is 9.87. The molecule has 0 saturated heterocycles. The van der Waals surface area contributed by atoms with E-state index in [0.717, 1.165) is 17.6 Å². The van der Waals surface area contributed by atoms with Gasteiger partial charge in [0.15, 0.2) is 0 Å². The normalized spacial score (nSPS) is 30.4. The predicted molar refractivity (Wildman–Crippen MR) is 71.6 cm³/mol. The predicted octanol–water partition coefficient (Wildman–Crippen LogP) is 3.79. The quantitative estimate of drug-likeness (QED) is 0.804. The molecule has 2 saturated carbocycles. The van der Waals surface area contributed by atoms with Crippen LogP contribution >= 0.6 is 0 Å². The van der Waals surface area contributed by atoms with Gasteiger partial charge in [0.2, 0.25) is 0 Å². The summed E-state index contributed by atoms with van der Waals surface area (Å²) in [6, 6.07) is 8.32. The SMILES string of the molecule is COCc1cccc(O[C@@H]2C[C@@H]3CC[C@@H](C3)C2)c1. The average molecular weight is 246 g/mol. The van der Waals surface area contributed by atoms with Crippen LogP contribution in [-0.2, 0) is 11.3 Å². The molecule has 3 rings (SSSR count). The van der Waals surface area contributed by atoms with Crippen LogP contribution in [0.1, 0.15) is 37.7 Å². The van der Waals surface area contributed by atoms with Crippen molar-refractivity contribution < 1.29 is 9.47 Å². The number of benzene rings is 1. The zero-order valence-corrected chi connectivity index (χ0v) is 11.1. The first-order valence-electron chi connectivity index (χ1n) is 7.08. The molecular formula is C16H22O2. The lowest BCUT2D eigenvalue weighted by Gasteiger charge is -2.28. The summed E-state index contributed by atoms with van der Waals surface area (Å²) < 4.78 is 11.3. The van der Waals surface area contributed by atoms with Gasteiger partial charge in [-0.2, -0.15) is 0 Å². The number of rotatable bonds is 4. The zero-order valence-electron chi connectivity index (χ0n) is 11.1. The van der Waals surface area contributed by atoms with E-state index < -0.39 is 0 Å². The number of hydrogen-bond acceptors (Lipinski definition) is 2. The molecule has 2 aliphatic rings. The number of hydrogen-bond donors (Lipinski definition) is 0. The van der Waals surface area contributed by atoms with Crippen molar-refractivity contribution in [1.82, 2.24) is 0 Å². The van der Waals surface area contributed by atoms with Crippen molar-refractivity contribution in [1.29, 1.82) is 0 Å². The maximum atomic E-state index is 6.17. The molecule has 2 bridgehead atoms. The molecule has 0 radical (unpaired) electrons. The maximum Gasteiger partial charge on any atom is 0.120 e. The second kappa shape index (κ2) is 5.31. The van der Waals surface area contributed by atoms with E-state index in [-0.39, 0.29) is 0 Å². The Bertz CT molecular complexity index is 390. The highest BCUT2D eigenvalue weighted by atomic mass is 16.5. The van der Waals surface area contributed by atoms with Crippen molar-refractivity contribution in [3.8, 4) is 5.75 Å². The molecule has 2 nitrogen and oxygen atoms in total. The number of ether oxygens (including phenoxy) is 2. The monoisotopic (exact) mass is 246 g/mol. The van der Waals surface area contributed by atoms with Crippen molar-refractivity contribution in [3.05, 3.63) is 29.8 Å². The zero-order chi connectivity index (χ0) is 12.4. The van der Waals surface area contributed by atoms with E-state index in [1.807, 2.05) is 0 Å². The summed E-state index contributed by atoms with van der Waals surface area (Å²) in [5.41, 5.74) is 1.19. The number of methoxy groups -OCH3 is 1. The molecule has 2 aliphatic carbocycles. The molecule has 98 valence electrons. The van der Waals surface area contributed by atoms with E-state index in [0.29, 0.717) is 12.7 Å². The van der Waals surface area contributed by atoms with E-state index >= 15 is 0 Å². The fourth-order valence-corrected chi connectivity index (χ4v) is 3.61. The summed E-state index contributed by atoms with van der Waals surface area (Å²) in [4.78, 5) is 0. The van der Waals surface area contributed by atoms with E-state index in [2.05, 4.69) is 24.3 Å². The Labute approximate surface area is 109 Å². The van der Waals surface area contributed by atoms with E-state index in [9.17, 15) is 0 Å². The molecule has 1 aromatic rings. The van der Waals surface area contributed by atoms with Crippen molar-refractivity contribution in [3.63, 3.8) is 0 Å². The van der Waals surface area contributed by atoms with Gasteiger partial charge in [-0.25, -0.2) is 0 Å². The van der Waals surface area contributed by atoms with Crippen LogP contribution in [0.2, 0.25) is 0 Å². The van der Waals surface area contributed by atoms with Gasteiger partial charge in [0, 0.05) is 7.11 Å². The van der Waals surface area contributed by atoms with Gasteiger partial charge in [0.25, 0.3) is 0 Å². The topological polar surface area (TPSA) is 18.5 Å². The minimum Gasteiger partial charge on any atom is -0.490 e. The van der Waals surface area contributed by atoms with Crippen LogP contribution in [-0.4, -0.2) is 13.2 Å². The van der Waals surface area contributed by atoms with Gasteiger partial charge in [-0.05, 0) is 48.8 Å². The molecule has 0 aliphatic heterocycles. The van der Waals surface area contributed by atoms with E-state index in [1.54, 1.807) is 7.11 Å². The Morgan fingerprint density at radius 2 is 1.89 bits per heavy atom. The Hall–Kier alpha value is -1.02. The Morgan fingerprint density at radius 1 is 1.11 bits per heavy atom. The van der Waals surface area contributed by atoms with Crippen LogP contribution in [0.5, 0.6) is 5.75 Å². The third-order valence-electron chi connectivity index (χ3n) is 4.35. The highest BCUT2D eigenvalue weighted by Gasteiger charge is 2.34. The van der Waals surface area contributed by atoms with Gasteiger partial charge in [-0.15, -0.1) is 0 Å². The summed E-state index contributed by atoms with van der Waals surface area (Å²) in [7, 11) is 1.73. The summed E-state index contributed by atoms with van der Waals surface area (Å²) in [6.45, 7) is 0.660. The lowest BCUT2D eigenvalue weighted by Crippen LogP contribution is -2.26. The molecule has 18 heavy (non-hydrogen) atoms. The van der Waals surface area contributed by atoms with Gasteiger partial charge in [0.05, 0.1) is 12.7 Å². The molecule has 0 spiro atoms. The lowest BCUT2D eigenvalue weighted by molar-refractivity contribution is 0.118. The van der Waals surface area contributed by atoms with Crippen LogP contribution in [0, 0.1) is 11.8 Å². The Balaban J connectivity index is 1.63. The molecular weight excluding hydrogens is 224 g/mol. The summed E-state index contributed by atoms with van der Waals surface area (Å²) in [6.07, 6.45) is 7.25. The first-order chi connectivity index (χ1) is 8.83. The minimum atomic E-state index is 0.439. The molecule has 1 aromatic carbocycles. The first kappa shape index (κ1) is 12.0. The molecule has 0 aromatic heterocycles. The van der Waals surface area contributed by atoms with Gasteiger partial charge >= 0.3 is 0 Å². The maximum absolute atomic E-state index is 6.17. The summed E-state index contributed by atoms with van der Waals surface area (Å²) >= 11 is 0. The van der Waals surface area contributed by atoms with Gasteiger partial charge in [0.1, 0.15) is 5.75 Å². The molecule has 2 fully saturated rings. The smallest absolute Gasteiger partial charge is 0.120 e. The minimum absolute atomic E-state index is 0.439. The highest BCUT2D eigenvalue weighted by Crippen LogP contribution is 2.43. The third-order valence-corrected chi connectivity index (χ3v) is 4.35. The van der Waals surface area contributed by atoms with Crippen molar-refractivity contribution >= 4 is 0 Å². The second-order valence-electron chi connectivity index (χ2n) is 5.84. The molecule has 0 heterocycles. The largest absolute Gasteiger partial charge is 0.490 e. The Morgan fingerprint density at radius 3 is 2.61 bits per heavy atom. The van der Waals surface area contributed by atoms with Crippen molar-refractivity contribution in [2.24, 2.45) is 11.8 Å². The fourth-order valence-electron chi connectivity index (χ4n) is 3.61. The van der Waals surface area contributed by atoms with E-state index in [1.165, 1.54) is 37.7 Å². The van der Waals surface area contributed by atoms with Crippen LogP contribution in [0.25, 0.3) is 0 Å². The van der Waals surface area contributed by atoms with Crippen molar-refractivity contribution in [2.45, 2.75) is 44.8 Å². The van der Waals surface area contributed by atoms with Crippen molar-refractivity contribution in [2.75, 3.05) is 7.11 Å². The Kier molecular flexibility index (Phi) is 3.55. The van der Waals surface area contributed by atoms with Crippen LogP contribution in [0.3, 0.4) is 0 Å². The molecule has 0 N–H and O–H groups in total. The van der Waals surface area contributed by atoms with Gasteiger partial charge in [-0.1, -0.05) is 25.0 Å². The summed E-state index contributed by atoms with van der Waals surface area (Å²) in [5.74, 6) is 2.86. The number of fused-ring (bicyclic) bond motifs is 2. The molecule has 0 unspecified atom stereocenters. The highest BCUT2D eigenvalue weighted by molar-refractivity contribution is 5.28.